The lowest BCUT2D eigenvalue weighted by Gasteiger charge is -2.33. The Morgan fingerprint density at radius 3 is 0.906 bits per heavy atom. The number of nitrogens with one attached hydrogen (secondary N) is 2. The van der Waals surface area contributed by atoms with Crippen molar-refractivity contribution in [2.24, 2.45) is 10.2 Å². The first kappa shape index (κ1) is 40.5. The van der Waals surface area contributed by atoms with Crippen molar-refractivity contribution in [1.29, 1.82) is 0 Å². The van der Waals surface area contributed by atoms with E-state index in [1.54, 1.807) is 0 Å². The van der Waals surface area contributed by atoms with Gasteiger partial charge in [0.15, 0.2) is 11.1 Å². The molecule has 0 aliphatic rings. The van der Waals surface area contributed by atoms with Crippen LogP contribution in [0.25, 0.3) is 0 Å². The van der Waals surface area contributed by atoms with Crippen LogP contribution in [0.5, 0.6) is 0 Å². The lowest BCUT2D eigenvalue weighted by molar-refractivity contribution is -0.131. The topological polar surface area (TPSA) is 330 Å². The Kier molecular flexibility index (Phi) is 20.1. The highest BCUT2D eigenvalue weighted by Crippen LogP contribution is 2.19. The van der Waals surface area contributed by atoms with Gasteiger partial charge in [-0.05, 0) is 27.7 Å². The van der Waals surface area contributed by atoms with Crippen molar-refractivity contribution in [2.45, 2.75) is 49.9 Å². The van der Waals surface area contributed by atoms with Crippen molar-refractivity contribution in [2.75, 3.05) is 39.6 Å². The van der Waals surface area contributed by atoms with Gasteiger partial charge in [-0.25, -0.2) is 0 Å². The van der Waals surface area contributed by atoms with Gasteiger partial charge in [-0.1, -0.05) is 0 Å². The highest BCUT2D eigenvalue weighted by atomic mass is 16.3. The first-order valence-corrected chi connectivity index (χ1v) is 8.57. The van der Waals surface area contributed by atoms with E-state index in [2.05, 4.69) is 20.9 Å². The second-order valence-electron chi connectivity index (χ2n) is 7.74. The fraction of sp³-hybridized carbons (Fsp3) is 0.875. The van der Waals surface area contributed by atoms with Crippen LogP contribution in [0.2, 0.25) is 0 Å². The fourth-order valence-electron chi connectivity index (χ4n) is 1.67. The summed E-state index contributed by atoms with van der Waals surface area (Å²) in [5.74, 6) is -1.53. The molecule has 0 aromatic rings. The molecule has 2 amide bonds. The number of carbonyl (C=O) groups excluding carboxylic acids is 2. The molecule has 16 N–H and O–H groups in total. The molecule has 0 bridgehead atoms. The number of rotatable bonds is 12. The molecule has 0 rings (SSSR count). The Morgan fingerprint density at radius 1 is 0.562 bits per heavy atom. The number of azo groups is 1. The van der Waals surface area contributed by atoms with Crippen molar-refractivity contribution < 1.29 is 62.1 Å². The van der Waals surface area contributed by atoms with E-state index in [0.717, 1.165) is 0 Å². The Morgan fingerprint density at radius 2 is 0.750 bits per heavy atom. The summed E-state index contributed by atoms with van der Waals surface area (Å²) < 4.78 is 0. The summed E-state index contributed by atoms with van der Waals surface area (Å²) in [5.41, 5.74) is -6.33. The van der Waals surface area contributed by atoms with Crippen LogP contribution in [0, 0.1) is 0 Å². The lowest BCUT2D eigenvalue weighted by atomic mass is 9.98. The normalized spacial score (nSPS) is 11.9. The van der Waals surface area contributed by atoms with E-state index in [0.29, 0.717) is 0 Å². The van der Waals surface area contributed by atoms with Crippen molar-refractivity contribution in [1.82, 2.24) is 10.6 Å². The minimum absolute atomic E-state index is 0. The standard InChI is InChI=1S/C16H32N4O8.4H2O/c1-13(2,11(27)17-15(5-21,6-22)7-23)19-20-14(3,4)12(28)18-16(8-24,9-25)10-26;;;;/h21-26H,5-10H2,1-4H3,(H,17,27)(H,18,28);4*1H2. The highest BCUT2D eigenvalue weighted by molar-refractivity contribution is 5.87. The van der Waals surface area contributed by atoms with Gasteiger partial charge in [-0.2, -0.15) is 10.2 Å². The van der Waals surface area contributed by atoms with Crippen LogP contribution >= 0.6 is 0 Å². The van der Waals surface area contributed by atoms with Gasteiger partial charge >= 0.3 is 0 Å². The first-order chi connectivity index (χ1) is 12.8. The van der Waals surface area contributed by atoms with Gasteiger partial charge in [0.1, 0.15) is 11.1 Å². The van der Waals surface area contributed by atoms with E-state index in [1.165, 1.54) is 27.7 Å². The largest absolute Gasteiger partial charge is 0.412 e. The van der Waals surface area contributed by atoms with Gasteiger partial charge in [0, 0.05) is 0 Å². The molecule has 16 nitrogen and oxygen atoms in total. The minimum atomic E-state index is -1.64. The molecule has 32 heavy (non-hydrogen) atoms. The molecular weight excluding hydrogens is 440 g/mol. The molecule has 0 fully saturated rings. The minimum Gasteiger partial charge on any atom is -0.412 e. The smallest absolute Gasteiger partial charge is 0.249 e. The van der Waals surface area contributed by atoms with Crippen molar-refractivity contribution in [3.05, 3.63) is 0 Å². The Bertz CT molecular complexity index is 499. The quantitative estimate of drug-likeness (QED) is 0.124. The number of hydrogen-bond acceptors (Lipinski definition) is 10. The van der Waals surface area contributed by atoms with Crippen LogP contribution in [0.1, 0.15) is 27.7 Å². The van der Waals surface area contributed by atoms with Crippen molar-refractivity contribution in [3.63, 3.8) is 0 Å². The maximum Gasteiger partial charge on any atom is 0.249 e. The van der Waals surface area contributed by atoms with E-state index >= 15 is 0 Å². The number of nitrogens with zero attached hydrogens (tertiary/aromatic N) is 2. The molecule has 0 aliphatic heterocycles. The molecule has 0 unspecified atom stereocenters. The van der Waals surface area contributed by atoms with Crippen LogP contribution in [-0.4, -0.2) is 126 Å². The van der Waals surface area contributed by atoms with Gasteiger partial charge in [-0.3, -0.25) is 9.59 Å². The predicted octanol–water partition coefficient (Wildman–Crippen LogP) is -6.64. The van der Waals surface area contributed by atoms with Gasteiger partial charge in [0.25, 0.3) is 0 Å². The summed E-state index contributed by atoms with van der Waals surface area (Å²) in [5, 5.41) is 68.1. The number of amides is 2. The van der Waals surface area contributed by atoms with E-state index in [4.69, 9.17) is 0 Å². The summed E-state index contributed by atoms with van der Waals surface area (Å²) in [6, 6.07) is 0. The Labute approximate surface area is 185 Å². The summed E-state index contributed by atoms with van der Waals surface area (Å²) in [6.07, 6.45) is 0. The van der Waals surface area contributed by atoms with Gasteiger partial charge in [0.2, 0.25) is 11.8 Å². The molecule has 0 heterocycles. The highest BCUT2D eigenvalue weighted by Gasteiger charge is 2.39. The molecular formula is C16H40N4O12. The summed E-state index contributed by atoms with van der Waals surface area (Å²) >= 11 is 0. The molecule has 0 atom stereocenters. The van der Waals surface area contributed by atoms with E-state index < -0.39 is 73.6 Å². The second-order valence-corrected chi connectivity index (χ2v) is 7.74. The number of hydrogen-bond donors (Lipinski definition) is 8. The molecule has 196 valence electrons. The average Bonchev–Trinajstić information content (AvgIpc) is 2.68. The number of carbonyl (C=O) groups is 2. The zero-order valence-corrected chi connectivity index (χ0v) is 18.6. The number of aliphatic hydroxyl groups is 6. The summed E-state index contributed by atoms with van der Waals surface area (Å²) in [4.78, 5) is 24.8. The van der Waals surface area contributed by atoms with Crippen LogP contribution in [0.15, 0.2) is 10.2 Å². The van der Waals surface area contributed by atoms with Crippen LogP contribution in [0.3, 0.4) is 0 Å². The Hall–Kier alpha value is -1.86. The second kappa shape index (κ2) is 15.9. The van der Waals surface area contributed by atoms with E-state index in [-0.39, 0.29) is 21.9 Å². The maximum absolute atomic E-state index is 12.4. The molecule has 0 saturated heterocycles. The molecule has 0 aromatic carbocycles. The average molecular weight is 481 g/mol. The lowest BCUT2D eigenvalue weighted by Crippen LogP contribution is -2.61. The summed E-state index contributed by atoms with van der Waals surface area (Å²) in [7, 11) is 0. The van der Waals surface area contributed by atoms with Gasteiger partial charge < -0.3 is 63.2 Å². The van der Waals surface area contributed by atoms with Crippen molar-refractivity contribution in [3.8, 4) is 0 Å². The maximum atomic E-state index is 12.4. The van der Waals surface area contributed by atoms with E-state index in [1.807, 2.05) is 0 Å². The van der Waals surface area contributed by atoms with E-state index in [9.17, 15) is 40.2 Å². The molecule has 0 aliphatic carbocycles. The first-order valence-electron chi connectivity index (χ1n) is 8.57. The summed E-state index contributed by atoms with van der Waals surface area (Å²) in [6.45, 7) is 1.23. The predicted molar refractivity (Wildman–Crippen MR) is 112 cm³/mol. The third-order valence-corrected chi connectivity index (χ3v) is 4.23. The van der Waals surface area contributed by atoms with Crippen molar-refractivity contribution >= 4 is 11.8 Å². The third kappa shape index (κ3) is 10.2. The molecule has 0 radical (unpaired) electrons. The third-order valence-electron chi connectivity index (χ3n) is 4.23. The van der Waals surface area contributed by atoms with Crippen LogP contribution < -0.4 is 10.6 Å². The Balaban J connectivity index is -0.000000607. The molecule has 0 aromatic heterocycles. The fourth-order valence-corrected chi connectivity index (χ4v) is 1.67. The molecule has 16 heteroatoms. The SMILES string of the molecule is CC(C)(N=NC(C)(C)C(=O)NC(CO)(CO)CO)C(=O)NC(CO)(CO)CO.O.O.O.O. The molecule has 0 spiro atoms. The number of aliphatic hydroxyl groups excluding tert-OH is 6. The monoisotopic (exact) mass is 480 g/mol. The zero-order valence-electron chi connectivity index (χ0n) is 18.6. The zero-order chi connectivity index (χ0) is 22.2. The van der Waals surface area contributed by atoms with Crippen LogP contribution in [0.4, 0.5) is 0 Å². The van der Waals surface area contributed by atoms with Gasteiger partial charge in [-0.15, -0.1) is 0 Å². The molecule has 0 saturated carbocycles. The van der Waals surface area contributed by atoms with Crippen LogP contribution in [-0.2, 0) is 9.59 Å². The van der Waals surface area contributed by atoms with Gasteiger partial charge in [0.05, 0.1) is 39.6 Å².